The lowest BCUT2D eigenvalue weighted by Crippen LogP contribution is -1.91. The van der Waals surface area contributed by atoms with Gasteiger partial charge in [0, 0.05) is 47.5 Å². The van der Waals surface area contributed by atoms with Gasteiger partial charge in [-0.15, -0.1) is 0 Å². The maximum absolute atomic E-state index is 5.42. The highest BCUT2D eigenvalue weighted by atomic mass is 16.5. The number of fused-ring (bicyclic) bond motifs is 2. The van der Waals surface area contributed by atoms with Crippen LogP contribution in [-0.4, -0.2) is 33.7 Å². The second-order valence-electron chi connectivity index (χ2n) is 6.91. The second kappa shape index (κ2) is 6.67. The lowest BCUT2D eigenvalue weighted by atomic mass is 10.1. The third-order valence-corrected chi connectivity index (χ3v) is 5.21. The molecule has 0 saturated heterocycles. The van der Waals surface area contributed by atoms with Crippen molar-refractivity contribution in [2.45, 2.75) is 0 Å². The summed E-state index contributed by atoms with van der Waals surface area (Å²) in [4.78, 5) is 13.0. The molecule has 29 heavy (non-hydrogen) atoms. The van der Waals surface area contributed by atoms with Crippen LogP contribution < -0.4 is 9.47 Å². The third-order valence-electron chi connectivity index (χ3n) is 5.21. The van der Waals surface area contributed by atoms with Crippen LogP contribution in [-0.2, 0) is 7.05 Å². The number of nitrogens with zero attached hydrogens (tertiary/aromatic N) is 3. The molecule has 5 aromatic rings. The lowest BCUT2D eigenvalue weighted by molar-refractivity contribution is 0.394. The zero-order chi connectivity index (χ0) is 20.0. The highest BCUT2D eigenvalue weighted by Crippen LogP contribution is 2.34. The molecule has 0 aliphatic heterocycles. The van der Waals surface area contributed by atoms with E-state index in [0.29, 0.717) is 11.5 Å². The zero-order valence-corrected chi connectivity index (χ0v) is 16.4. The molecule has 6 nitrogen and oxygen atoms in total. The predicted octanol–water partition coefficient (Wildman–Crippen LogP) is 4.80. The molecule has 144 valence electrons. The second-order valence-corrected chi connectivity index (χ2v) is 6.91. The van der Waals surface area contributed by atoms with Crippen LogP contribution in [0, 0.1) is 0 Å². The van der Waals surface area contributed by atoms with Gasteiger partial charge in [0.05, 0.1) is 25.4 Å². The zero-order valence-electron chi connectivity index (χ0n) is 16.4. The number of methoxy groups -OCH3 is 2. The molecule has 3 aromatic heterocycles. The Morgan fingerprint density at radius 2 is 1.76 bits per heavy atom. The molecule has 5 rings (SSSR count). The SMILES string of the molecule is COc1cc(OC)cc(-c2nccc3[nH]c(-c4cccc5c4ccn5C)nc23)c1. The first-order valence-corrected chi connectivity index (χ1v) is 9.30. The van der Waals surface area contributed by atoms with Gasteiger partial charge in [-0.3, -0.25) is 4.98 Å². The summed E-state index contributed by atoms with van der Waals surface area (Å²) < 4.78 is 12.9. The van der Waals surface area contributed by atoms with Crippen molar-refractivity contribution >= 4 is 21.9 Å². The lowest BCUT2D eigenvalue weighted by Gasteiger charge is -2.08. The average molecular weight is 384 g/mol. The van der Waals surface area contributed by atoms with Crippen molar-refractivity contribution < 1.29 is 9.47 Å². The standard InChI is InChI=1S/C23H20N4O2/c1-27-10-8-17-18(5-4-6-20(17)27)23-25-19-7-9-24-21(22(19)26-23)14-11-15(28-2)13-16(12-14)29-3/h4-13H,1-3H3,(H,25,26). The number of aromatic amines is 1. The maximum atomic E-state index is 5.42. The van der Waals surface area contributed by atoms with E-state index in [2.05, 4.69) is 45.0 Å². The van der Waals surface area contributed by atoms with E-state index in [-0.39, 0.29) is 0 Å². The number of nitrogens with one attached hydrogen (secondary N) is 1. The van der Waals surface area contributed by atoms with E-state index < -0.39 is 0 Å². The summed E-state index contributed by atoms with van der Waals surface area (Å²) in [5.41, 5.74) is 5.64. The summed E-state index contributed by atoms with van der Waals surface area (Å²) >= 11 is 0. The van der Waals surface area contributed by atoms with Crippen molar-refractivity contribution in [3.05, 3.63) is 60.9 Å². The van der Waals surface area contributed by atoms with Crippen LogP contribution in [0.1, 0.15) is 0 Å². The average Bonchev–Trinajstić information content (AvgIpc) is 3.37. The van der Waals surface area contributed by atoms with Crippen molar-refractivity contribution in [1.29, 1.82) is 0 Å². The van der Waals surface area contributed by atoms with Gasteiger partial charge in [0.15, 0.2) is 0 Å². The molecule has 0 fully saturated rings. The Balaban J connectivity index is 1.72. The Morgan fingerprint density at radius 3 is 2.52 bits per heavy atom. The van der Waals surface area contributed by atoms with E-state index in [1.165, 1.54) is 5.52 Å². The van der Waals surface area contributed by atoms with Gasteiger partial charge in [-0.1, -0.05) is 12.1 Å². The fourth-order valence-electron chi connectivity index (χ4n) is 3.73. The Bertz CT molecular complexity index is 1330. The van der Waals surface area contributed by atoms with Crippen LogP contribution in [0.4, 0.5) is 0 Å². The predicted molar refractivity (Wildman–Crippen MR) is 114 cm³/mol. The molecule has 0 atom stereocenters. The minimum absolute atomic E-state index is 0.711. The molecule has 3 heterocycles. The van der Waals surface area contributed by atoms with Gasteiger partial charge < -0.3 is 19.0 Å². The number of benzene rings is 2. The van der Waals surface area contributed by atoms with Crippen LogP contribution in [0.25, 0.3) is 44.6 Å². The molecule has 6 heteroatoms. The van der Waals surface area contributed by atoms with Crippen LogP contribution >= 0.6 is 0 Å². The Kier molecular flexibility index (Phi) is 3.98. The highest BCUT2D eigenvalue weighted by molar-refractivity contribution is 5.97. The third kappa shape index (κ3) is 2.81. The summed E-state index contributed by atoms with van der Waals surface area (Å²) in [7, 11) is 5.32. The molecule has 0 unspecified atom stereocenters. The summed E-state index contributed by atoms with van der Waals surface area (Å²) in [5, 5.41) is 1.16. The molecule has 0 aliphatic rings. The monoisotopic (exact) mass is 384 g/mol. The van der Waals surface area contributed by atoms with Crippen molar-refractivity contribution in [2.24, 2.45) is 7.05 Å². The van der Waals surface area contributed by atoms with Gasteiger partial charge in [0.25, 0.3) is 0 Å². The molecule has 0 radical (unpaired) electrons. The number of ether oxygens (including phenoxy) is 2. The van der Waals surface area contributed by atoms with Gasteiger partial charge in [0.1, 0.15) is 22.8 Å². The van der Waals surface area contributed by atoms with Crippen LogP contribution in [0.5, 0.6) is 11.5 Å². The van der Waals surface area contributed by atoms with Gasteiger partial charge in [0.2, 0.25) is 0 Å². The Labute approximate surface area is 167 Å². The number of imidazole rings is 1. The van der Waals surface area contributed by atoms with E-state index in [4.69, 9.17) is 14.5 Å². The normalized spacial score (nSPS) is 11.3. The van der Waals surface area contributed by atoms with Crippen molar-refractivity contribution in [3.63, 3.8) is 0 Å². The number of hydrogen-bond donors (Lipinski definition) is 1. The fourth-order valence-corrected chi connectivity index (χ4v) is 3.73. The van der Waals surface area contributed by atoms with Crippen molar-refractivity contribution in [1.82, 2.24) is 19.5 Å². The maximum Gasteiger partial charge on any atom is 0.139 e. The fraction of sp³-hybridized carbons (Fsp3) is 0.130. The highest BCUT2D eigenvalue weighted by Gasteiger charge is 2.15. The van der Waals surface area contributed by atoms with Crippen LogP contribution in [0.3, 0.4) is 0 Å². The van der Waals surface area contributed by atoms with Crippen LogP contribution in [0.15, 0.2) is 60.9 Å². The van der Waals surface area contributed by atoms with Gasteiger partial charge >= 0.3 is 0 Å². The number of H-pyrrole nitrogens is 1. The number of aromatic nitrogens is 4. The van der Waals surface area contributed by atoms with E-state index in [9.17, 15) is 0 Å². The van der Waals surface area contributed by atoms with Gasteiger partial charge in [-0.05, 0) is 30.3 Å². The number of aryl methyl sites for hydroxylation is 1. The van der Waals surface area contributed by atoms with Crippen LogP contribution in [0.2, 0.25) is 0 Å². The minimum Gasteiger partial charge on any atom is -0.497 e. The number of rotatable bonds is 4. The quantitative estimate of drug-likeness (QED) is 0.483. The first-order valence-electron chi connectivity index (χ1n) is 9.30. The molecule has 0 spiro atoms. The van der Waals surface area contributed by atoms with Gasteiger partial charge in [-0.25, -0.2) is 4.98 Å². The summed E-state index contributed by atoms with van der Waals surface area (Å²) in [6, 6.07) is 16.0. The minimum atomic E-state index is 0.711. The molecule has 0 amide bonds. The summed E-state index contributed by atoms with van der Waals surface area (Å²) in [5.74, 6) is 2.24. The summed E-state index contributed by atoms with van der Waals surface area (Å²) in [6.45, 7) is 0. The molecular formula is C23H20N4O2. The van der Waals surface area contributed by atoms with Crippen molar-refractivity contribution in [2.75, 3.05) is 14.2 Å². The first kappa shape index (κ1) is 17.3. The van der Waals surface area contributed by atoms with E-state index in [1.807, 2.05) is 31.3 Å². The first-order chi connectivity index (χ1) is 14.2. The molecular weight excluding hydrogens is 364 g/mol. The molecule has 0 saturated carbocycles. The largest absolute Gasteiger partial charge is 0.497 e. The Hall–Kier alpha value is -3.80. The molecule has 0 bridgehead atoms. The topological polar surface area (TPSA) is 65.0 Å². The number of pyridine rings is 1. The molecule has 0 aliphatic carbocycles. The van der Waals surface area contributed by atoms with E-state index >= 15 is 0 Å². The smallest absolute Gasteiger partial charge is 0.139 e. The van der Waals surface area contributed by atoms with Crippen molar-refractivity contribution in [3.8, 4) is 34.1 Å². The van der Waals surface area contributed by atoms with E-state index in [0.717, 1.165) is 39.1 Å². The molecule has 2 aromatic carbocycles. The Morgan fingerprint density at radius 1 is 0.966 bits per heavy atom. The van der Waals surface area contributed by atoms with Gasteiger partial charge in [-0.2, -0.15) is 0 Å². The molecule has 1 N–H and O–H groups in total. The summed E-state index contributed by atoms with van der Waals surface area (Å²) in [6.07, 6.45) is 3.85. The number of hydrogen-bond acceptors (Lipinski definition) is 4. The van der Waals surface area contributed by atoms with E-state index in [1.54, 1.807) is 20.4 Å².